The van der Waals surface area contributed by atoms with Crippen molar-refractivity contribution in [1.82, 2.24) is 5.32 Å². The third kappa shape index (κ3) is 25.6. The van der Waals surface area contributed by atoms with Gasteiger partial charge in [-0.3, -0.25) is 0 Å². The van der Waals surface area contributed by atoms with Crippen molar-refractivity contribution in [1.29, 1.82) is 0 Å². The van der Waals surface area contributed by atoms with Crippen molar-refractivity contribution in [3.63, 3.8) is 0 Å². The second kappa shape index (κ2) is 25.6. The summed E-state index contributed by atoms with van der Waals surface area (Å²) in [5.41, 5.74) is 5.45. The third-order valence-electron chi connectivity index (χ3n) is 5.00. The first-order valence-corrected chi connectivity index (χ1v) is 12.0. The lowest BCUT2D eigenvalue weighted by Crippen LogP contribution is -2.20. The van der Waals surface area contributed by atoms with Gasteiger partial charge in [0.2, 0.25) is 0 Å². The van der Waals surface area contributed by atoms with E-state index in [2.05, 4.69) is 24.4 Å². The van der Waals surface area contributed by atoms with Crippen LogP contribution >= 0.6 is 0 Å². The normalized spacial score (nSPS) is 11.6. The molecule has 3 N–H and O–H groups in total. The maximum atomic E-state index is 5.69. The minimum Gasteiger partial charge on any atom is -0.381 e. The Labute approximate surface area is 170 Å². The fourth-order valence-electron chi connectivity index (χ4n) is 3.20. The zero-order valence-electron chi connectivity index (χ0n) is 18.5. The molecule has 0 radical (unpaired) electrons. The van der Waals surface area contributed by atoms with Gasteiger partial charge in [0.1, 0.15) is 0 Å². The third-order valence-corrected chi connectivity index (χ3v) is 5.00. The molecule has 0 saturated heterocycles. The molecule has 0 spiro atoms. The molecule has 0 amide bonds. The Kier molecular flexibility index (Phi) is 25.3. The van der Waals surface area contributed by atoms with Gasteiger partial charge < -0.3 is 15.8 Å². The van der Waals surface area contributed by atoms with Crippen LogP contribution in [-0.4, -0.2) is 32.8 Å². The Morgan fingerprint density at radius 1 is 0.630 bits per heavy atom. The molecule has 0 fully saturated rings. The molecule has 0 rings (SSSR count). The van der Waals surface area contributed by atoms with Crippen LogP contribution in [0.2, 0.25) is 0 Å². The van der Waals surface area contributed by atoms with Crippen LogP contribution in [0.4, 0.5) is 0 Å². The van der Waals surface area contributed by atoms with Crippen molar-refractivity contribution >= 4 is 0 Å². The number of hydrogen-bond acceptors (Lipinski definition) is 3. The van der Waals surface area contributed by atoms with Gasteiger partial charge in [-0.1, -0.05) is 76.9 Å². The molecule has 0 aliphatic rings. The zero-order valence-corrected chi connectivity index (χ0v) is 18.5. The number of nitrogens with one attached hydrogen (secondary N) is 1. The molecule has 0 atom stereocenters. The number of hydrogen-bond donors (Lipinski definition) is 2. The largest absolute Gasteiger partial charge is 0.381 e. The average Bonchev–Trinajstić information content (AvgIpc) is 2.68. The predicted octanol–water partition coefficient (Wildman–Crippen LogP) is 6.37. The van der Waals surface area contributed by atoms with Crippen LogP contribution in [0.3, 0.4) is 0 Å². The second-order valence-electron chi connectivity index (χ2n) is 7.80. The summed E-state index contributed by atoms with van der Waals surface area (Å²) in [5, 5.41) is 3.38. The molecule has 0 aliphatic carbocycles. The molecule has 0 unspecified atom stereocenters. The fourth-order valence-corrected chi connectivity index (χ4v) is 3.20. The molecular weight excluding hydrogens is 332 g/mol. The lowest BCUT2D eigenvalue weighted by molar-refractivity contribution is 0.127. The van der Waals surface area contributed by atoms with E-state index in [4.69, 9.17) is 10.5 Å². The highest BCUT2D eigenvalue weighted by atomic mass is 16.5. The predicted molar refractivity (Wildman–Crippen MR) is 121 cm³/mol. The van der Waals surface area contributed by atoms with Gasteiger partial charge in [0.05, 0.1) is 0 Å². The summed E-state index contributed by atoms with van der Waals surface area (Å²) >= 11 is 0. The molecular formula is C24H50N2O. The first kappa shape index (κ1) is 26.6. The first-order chi connectivity index (χ1) is 13.4. The quantitative estimate of drug-likeness (QED) is 0.159. The molecule has 3 nitrogen and oxygen atoms in total. The highest BCUT2D eigenvalue weighted by Crippen LogP contribution is 2.10. The van der Waals surface area contributed by atoms with Crippen molar-refractivity contribution in [2.24, 2.45) is 5.73 Å². The molecule has 0 aliphatic heterocycles. The molecule has 0 aromatic heterocycles. The van der Waals surface area contributed by atoms with Gasteiger partial charge in [0.25, 0.3) is 0 Å². The van der Waals surface area contributed by atoms with Crippen LogP contribution in [-0.2, 0) is 4.74 Å². The minimum absolute atomic E-state index is 0.777. The maximum absolute atomic E-state index is 5.69. The molecule has 0 saturated carbocycles. The van der Waals surface area contributed by atoms with Gasteiger partial charge >= 0.3 is 0 Å². The van der Waals surface area contributed by atoms with Crippen molar-refractivity contribution < 1.29 is 4.74 Å². The van der Waals surface area contributed by atoms with Crippen molar-refractivity contribution in [2.45, 2.75) is 110 Å². The maximum Gasteiger partial charge on any atom is 0.0478 e. The molecule has 162 valence electrons. The van der Waals surface area contributed by atoms with E-state index in [-0.39, 0.29) is 0 Å². The Morgan fingerprint density at radius 2 is 1.15 bits per heavy atom. The van der Waals surface area contributed by atoms with Crippen LogP contribution < -0.4 is 11.1 Å². The van der Waals surface area contributed by atoms with E-state index < -0.39 is 0 Å². The molecule has 27 heavy (non-hydrogen) atoms. The summed E-state index contributed by atoms with van der Waals surface area (Å²) in [6.07, 6.45) is 26.0. The SMILES string of the molecule is CCCCCCCCC=CCCCCCCCCOCCCNCCCN. The van der Waals surface area contributed by atoms with Gasteiger partial charge in [-0.2, -0.15) is 0 Å². The Bertz CT molecular complexity index is 282. The zero-order chi connectivity index (χ0) is 19.7. The highest BCUT2D eigenvalue weighted by Gasteiger charge is 1.93. The number of ether oxygens (including phenoxy) is 1. The van der Waals surface area contributed by atoms with Crippen LogP contribution in [0, 0.1) is 0 Å². The van der Waals surface area contributed by atoms with Crippen LogP contribution in [0.15, 0.2) is 12.2 Å². The molecule has 0 aromatic rings. The minimum atomic E-state index is 0.777. The summed E-state index contributed by atoms with van der Waals surface area (Å²) < 4.78 is 5.69. The highest BCUT2D eigenvalue weighted by molar-refractivity contribution is 4.81. The summed E-state index contributed by atoms with van der Waals surface area (Å²) in [6.45, 7) is 6.97. The lowest BCUT2D eigenvalue weighted by Gasteiger charge is -2.05. The van der Waals surface area contributed by atoms with E-state index in [1.165, 1.54) is 89.9 Å². The molecule has 3 heteroatoms. The van der Waals surface area contributed by atoms with Crippen LogP contribution in [0.1, 0.15) is 110 Å². The van der Waals surface area contributed by atoms with Gasteiger partial charge in [-0.25, -0.2) is 0 Å². The molecule has 0 heterocycles. The number of unbranched alkanes of at least 4 members (excludes halogenated alkanes) is 12. The summed E-state index contributed by atoms with van der Waals surface area (Å²) in [4.78, 5) is 0. The Morgan fingerprint density at radius 3 is 1.78 bits per heavy atom. The van der Waals surface area contributed by atoms with Gasteiger partial charge in [0.15, 0.2) is 0 Å². The van der Waals surface area contributed by atoms with E-state index in [0.717, 1.165) is 45.7 Å². The van der Waals surface area contributed by atoms with Gasteiger partial charge in [-0.15, -0.1) is 0 Å². The average molecular weight is 383 g/mol. The molecule has 0 bridgehead atoms. The second-order valence-corrected chi connectivity index (χ2v) is 7.80. The number of allylic oxidation sites excluding steroid dienone is 2. The van der Waals surface area contributed by atoms with E-state index in [9.17, 15) is 0 Å². The monoisotopic (exact) mass is 382 g/mol. The van der Waals surface area contributed by atoms with Crippen molar-refractivity contribution in [2.75, 3.05) is 32.8 Å². The van der Waals surface area contributed by atoms with Gasteiger partial charge in [0, 0.05) is 13.2 Å². The topological polar surface area (TPSA) is 47.3 Å². The summed E-state index contributed by atoms with van der Waals surface area (Å²) in [6, 6.07) is 0. The van der Waals surface area contributed by atoms with E-state index in [1.54, 1.807) is 0 Å². The number of rotatable bonds is 23. The van der Waals surface area contributed by atoms with E-state index in [0.29, 0.717) is 0 Å². The summed E-state index contributed by atoms with van der Waals surface area (Å²) in [7, 11) is 0. The fraction of sp³-hybridized carbons (Fsp3) is 0.917. The van der Waals surface area contributed by atoms with E-state index in [1.807, 2.05) is 0 Å². The summed E-state index contributed by atoms with van der Waals surface area (Å²) in [5.74, 6) is 0. The smallest absolute Gasteiger partial charge is 0.0478 e. The van der Waals surface area contributed by atoms with Crippen LogP contribution in [0.25, 0.3) is 0 Å². The van der Waals surface area contributed by atoms with Crippen molar-refractivity contribution in [3.8, 4) is 0 Å². The number of nitrogens with two attached hydrogens (primary N) is 1. The van der Waals surface area contributed by atoms with Crippen LogP contribution in [0.5, 0.6) is 0 Å². The first-order valence-electron chi connectivity index (χ1n) is 12.0. The Balaban J connectivity index is 3.03. The standard InChI is InChI=1S/C24H50N2O/c1-2-3-4-5-6-7-8-9-10-11-12-13-14-15-16-17-23-27-24-19-22-26-21-18-20-25/h9-10,26H,2-8,11-25H2,1H3. The lowest BCUT2D eigenvalue weighted by atomic mass is 10.1. The Hall–Kier alpha value is -0.380. The van der Waals surface area contributed by atoms with E-state index >= 15 is 0 Å². The van der Waals surface area contributed by atoms with Crippen molar-refractivity contribution in [3.05, 3.63) is 12.2 Å². The molecule has 0 aromatic carbocycles. The van der Waals surface area contributed by atoms with Gasteiger partial charge in [-0.05, 0) is 64.6 Å².